The van der Waals surface area contributed by atoms with Crippen molar-refractivity contribution in [1.82, 2.24) is 0 Å². The molecule has 0 bridgehead atoms. The van der Waals surface area contributed by atoms with Gasteiger partial charge in [0.15, 0.2) is 136 Å². The van der Waals surface area contributed by atoms with Crippen LogP contribution in [0.15, 0.2) is 0 Å². The van der Waals surface area contributed by atoms with Crippen LogP contribution in [0.2, 0.25) is 0 Å². The molecule has 0 N–H and O–H groups in total. The van der Waals surface area contributed by atoms with Gasteiger partial charge in [-0.2, -0.15) is 0 Å². The number of rotatable bonds is 34. The fourth-order valence-corrected chi connectivity index (χ4v) is 14.1. The van der Waals surface area contributed by atoms with Crippen LogP contribution in [0.5, 0.6) is 0 Å². The van der Waals surface area contributed by atoms with E-state index in [1.165, 1.54) is 6.92 Å². The van der Waals surface area contributed by atoms with Gasteiger partial charge in [0, 0.05) is 125 Å². The first-order valence-corrected chi connectivity index (χ1v) is 38.1. The van der Waals surface area contributed by atoms with Crippen LogP contribution in [0, 0.1) is 0 Å². The molecule has 7 aliphatic heterocycles. The van der Waals surface area contributed by atoms with Gasteiger partial charge in [0.25, 0.3) is 0 Å². The first kappa shape index (κ1) is 100. The van der Waals surface area contributed by atoms with Gasteiger partial charge in [-0.3, -0.25) is 86.3 Å². The van der Waals surface area contributed by atoms with Crippen molar-refractivity contribution in [3.63, 3.8) is 0 Å². The zero-order valence-electron chi connectivity index (χ0n) is 70.1. The molecule has 49 nitrogen and oxygen atoms in total. The summed E-state index contributed by atoms with van der Waals surface area (Å²) in [6, 6.07) is 0. The first-order valence-electron chi connectivity index (χ1n) is 38.1. The van der Waals surface area contributed by atoms with E-state index in [0.29, 0.717) is 0 Å². The molecular weight excluding hydrogens is 1670 g/mol. The summed E-state index contributed by atoms with van der Waals surface area (Å²) in [5.41, 5.74) is 0. The molecule has 0 amide bonds. The predicted octanol–water partition coefficient (Wildman–Crippen LogP) is -2.42. The van der Waals surface area contributed by atoms with Crippen molar-refractivity contribution in [3.8, 4) is 0 Å². The predicted molar refractivity (Wildman–Crippen MR) is 378 cm³/mol. The van der Waals surface area contributed by atoms with Crippen LogP contribution in [0.25, 0.3) is 0 Å². The maximum atomic E-state index is 13.8. The van der Waals surface area contributed by atoms with E-state index in [9.17, 15) is 86.3 Å². The normalized spacial score (nSPS) is 34.4. The Hall–Kier alpha value is -10.1. The lowest BCUT2D eigenvalue weighted by Crippen LogP contribution is -2.68. The van der Waals surface area contributed by atoms with Crippen molar-refractivity contribution in [2.24, 2.45) is 0 Å². The monoisotopic (exact) mass is 1770 g/mol. The van der Waals surface area contributed by atoms with Gasteiger partial charge >= 0.3 is 107 Å². The highest BCUT2D eigenvalue weighted by Gasteiger charge is 2.63. The van der Waals surface area contributed by atoms with Crippen LogP contribution in [0.4, 0.5) is 0 Å². The van der Waals surface area contributed by atoms with Gasteiger partial charge in [-0.1, -0.05) is 0 Å². The van der Waals surface area contributed by atoms with Gasteiger partial charge < -0.3 is 147 Å². The minimum atomic E-state index is -2.34. The van der Waals surface area contributed by atoms with Gasteiger partial charge in [0.05, 0.1) is 19.8 Å². The van der Waals surface area contributed by atoms with E-state index < -0.39 is 338 Å². The van der Waals surface area contributed by atoms with Gasteiger partial charge in [-0.05, 0) is 6.92 Å². The molecule has 7 rings (SSSR count). The Morgan fingerprint density at radius 3 is 0.626 bits per heavy atom. The average Bonchev–Trinajstić information content (AvgIpc) is 1.75. The average molecular weight is 1770 g/mol. The van der Waals surface area contributed by atoms with E-state index in [4.69, 9.17) is 147 Å². The summed E-state index contributed by atoms with van der Waals surface area (Å²) >= 11 is 0. The first-order chi connectivity index (χ1) is 57.7. The number of hydrogen-bond donors (Lipinski definition) is 0. The fourth-order valence-electron chi connectivity index (χ4n) is 14.1. The lowest BCUT2D eigenvalue weighted by atomic mass is 9.95. The number of carbonyl (C=O) groups excluding carboxylic acids is 18. The standard InChI is InChI=1S/C74H100O49/c1-26(75)93-20-45-51(99-29(4)78)57(105-35(10)84)63(109-39(14)88)69(116-45)96-24-49-55(103-33(8)82)61(122-73-66(112-42(17)91)59(107-37(12)86)52(100-30(5)79)46(120-73)21-94-27(2)76)65(111-41(16)90)71(118-49)97-23-48-54(102-32(7)81)58(106-36(11)85)64(110-40(15)89)70(117-48)98-25-50-56(104-34(9)83)62(68-72(119-50)115-44(19)114-68)123-74-67(113-43(18)92)60(108-38(13)87)53(101-31(6)80)47(121-74)22-95-28(3)77/h44-74H,20-25H2,1-19H3/t44-,45+,46+,47+,48+,49+,50+,51+,52+,53+,54+,55+,56+,57-,58-,59-,60-,61-,62-,63+,64+,65+,66+,67+,68+,69+,70+,71+,72-,73-,74-/m0/s1. The summed E-state index contributed by atoms with van der Waals surface area (Å²) in [6.07, 6.45) is -59.6. The molecule has 0 aromatic rings. The second kappa shape index (κ2) is 45.5. The molecule has 0 unspecified atom stereocenters. The van der Waals surface area contributed by atoms with E-state index in [2.05, 4.69) is 0 Å². The van der Waals surface area contributed by atoms with E-state index in [1.807, 2.05) is 0 Å². The van der Waals surface area contributed by atoms with Crippen LogP contribution >= 0.6 is 0 Å². The SMILES string of the molecule is CC(=O)OC[C@H]1O[C@@H](OC[C@H]2O[C@@H](OC[C@H]3O[C@@H](OC[C@H]4O[C@@H]5O[C@@H](C)O[C@@H]5[C@@H](O[C@@H]5O[C@H](COC(C)=O)[C@@H](OC(C)=O)[C@H](OC(C)=O)[C@H]5OC(C)=O)[C@@H]4OC(C)=O)[C@H](OC(C)=O)[C@@H](OC(C)=O)[C@@H]3OC(C)=O)[C@H](OC(C)=O)[C@@H](O[C@@H]3O[C@H](COC(C)=O)[C@@H](OC(C)=O)[C@H](OC(C)=O)[C@H]3OC(C)=O)[C@@H]2OC(C)=O)[C@H](OC(C)=O)[C@@H](OC(C)=O)[C@@H]1OC(C)=O. The number of esters is 18. The number of carbonyl (C=O) groups is 18. The van der Waals surface area contributed by atoms with Gasteiger partial charge in [0.1, 0.15) is 74.8 Å². The maximum absolute atomic E-state index is 13.8. The van der Waals surface area contributed by atoms with Gasteiger partial charge in [0.2, 0.25) is 0 Å². The van der Waals surface area contributed by atoms with Crippen LogP contribution in [0.3, 0.4) is 0 Å². The zero-order valence-corrected chi connectivity index (χ0v) is 70.1. The highest BCUT2D eigenvalue weighted by Crippen LogP contribution is 2.42. The molecule has 7 heterocycles. The molecule has 7 fully saturated rings. The molecule has 49 heteroatoms. The third-order valence-electron chi connectivity index (χ3n) is 18.0. The molecule has 0 aromatic heterocycles. The Labute approximate surface area is 700 Å². The van der Waals surface area contributed by atoms with Crippen molar-refractivity contribution >= 4 is 107 Å². The minimum Gasteiger partial charge on any atom is -0.463 e. The lowest BCUT2D eigenvalue weighted by molar-refractivity contribution is -0.373. The Morgan fingerprint density at radius 2 is 0.374 bits per heavy atom. The molecule has 0 radical (unpaired) electrons. The molecule has 123 heavy (non-hydrogen) atoms. The summed E-state index contributed by atoms with van der Waals surface area (Å²) in [7, 11) is 0. The summed E-state index contributed by atoms with van der Waals surface area (Å²) in [5, 5.41) is 0. The van der Waals surface area contributed by atoms with Crippen molar-refractivity contribution < 1.29 is 233 Å². The van der Waals surface area contributed by atoms with Crippen molar-refractivity contribution in [1.29, 1.82) is 0 Å². The number of ether oxygens (including phenoxy) is 31. The molecule has 7 aliphatic rings. The zero-order chi connectivity index (χ0) is 91.5. The minimum absolute atomic E-state index is 0.731. The molecule has 7 saturated heterocycles. The quantitative estimate of drug-likeness (QED) is 0.0478. The Bertz CT molecular complexity index is 3810. The van der Waals surface area contributed by atoms with Gasteiger partial charge in [-0.25, -0.2) is 0 Å². The van der Waals surface area contributed by atoms with E-state index >= 15 is 0 Å². The van der Waals surface area contributed by atoms with Crippen LogP contribution < -0.4 is 0 Å². The van der Waals surface area contributed by atoms with Crippen LogP contribution in [0.1, 0.15) is 132 Å². The lowest BCUT2D eigenvalue weighted by Gasteiger charge is -2.49. The molecule has 0 spiro atoms. The third-order valence-corrected chi connectivity index (χ3v) is 18.0. The molecular formula is C74H100O49. The van der Waals surface area contributed by atoms with Crippen molar-refractivity contribution in [2.75, 3.05) is 39.6 Å². The topological polar surface area (TPSA) is 593 Å². The van der Waals surface area contributed by atoms with E-state index in [0.717, 1.165) is 125 Å². The summed E-state index contributed by atoms with van der Waals surface area (Å²) < 4.78 is 184. The fraction of sp³-hybridized carbons (Fsp3) is 0.757. The largest absolute Gasteiger partial charge is 0.463 e. The third kappa shape index (κ3) is 29.0. The van der Waals surface area contributed by atoms with E-state index in [-0.39, 0.29) is 0 Å². The second-order valence-electron chi connectivity index (χ2n) is 28.3. The van der Waals surface area contributed by atoms with E-state index in [1.54, 1.807) is 0 Å². The Morgan fingerprint density at radius 1 is 0.187 bits per heavy atom. The summed E-state index contributed by atoms with van der Waals surface area (Å²) in [6.45, 7) is 12.4. The molecule has 0 aromatic carbocycles. The van der Waals surface area contributed by atoms with Crippen LogP contribution in [-0.4, -0.2) is 338 Å². The summed E-state index contributed by atoms with van der Waals surface area (Å²) in [5.74, 6) is -19.4. The number of hydrogen-bond acceptors (Lipinski definition) is 49. The number of fused-ring (bicyclic) bond motifs is 1. The maximum Gasteiger partial charge on any atom is 0.303 e. The van der Waals surface area contributed by atoms with Gasteiger partial charge in [-0.15, -0.1) is 0 Å². The molecule has 0 saturated carbocycles. The van der Waals surface area contributed by atoms with Crippen LogP contribution in [-0.2, 0) is 233 Å². The molecule has 0 aliphatic carbocycles. The molecule has 31 atom stereocenters. The molecule has 690 valence electrons. The Balaban J connectivity index is 1.39. The smallest absolute Gasteiger partial charge is 0.303 e. The Kier molecular flexibility index (Phi) is 37.0. The van der Waals surface area contributed by atoms with Crippen molar-refractivity contribution in [2.45, 2.75) is 322 Å². The highest BCUT2D eigenvalue weighted by molar-refractivity contribution is 5.73. The highest BCUT2D eigenvalue weighted by atomic mass is 16.9. The summed E-state index contributed by atoms with van der Waals surface area (Å²) in [4.78, 5) is 235. The van der Waals surface area contributed by atoms with Crippen molar-refractivity contribution in [3.05, 3.63) is 0 Å². The second-order valence-corrected chi connectivity index (χ2v) is 28.3.